The Morgan fingerprint density at radius 1 is 1.00 bits per heavy atom. The number of benzene rings is 2. The molecule has 124 valence electrons. The van der Waals surface area contributed by atoms with Crippen LogP contribution in [-0.4, -0.2) is 16.1 Å². The lowest BCUT2D eigenvalue weighted by atomic mass is 9.98. The minimum Gasteiger partial charge on any atom is -0.308 e. The van der Waals surface area contributed by atoms with Gasteiger partial charge in [-0.3, -0.25) is 9.89 Å². The highest BCUT2D eigenvalue weighted by atomic mass is 16.1. The van der Waals surface area contributed by atoms with Gasteiger partial charge < -0.3 is 5.32 Å². The van der Waals surface area contributed by atoms with Crippen LogP contribution in [0.4, 0.5) is 5.82 Å². The average Bonchev–Trinajstić information content (AvgIpc) is 2.97. The van der Waals surface area contributed by atoms with Crippen LogP contribution in [0.1, 0.15) is 39.2 Å². The van der Waals surface area contributed by atoms with Gasteiger partial charge in [0.15, 0.2) is 5.82 Å². The van der Waals surface area contributed by atoms with Crippen LogP contribution >= 0.6 is 0 Å². The Balaban J connectivity index is 1.91. The molecule has 0 saturated carbocycles. The Bertz CT molecular complexity index is 860. The first-order valence-electron chi connectivity index (χ1n) is 8.35. The first-order chi connectivity index (χ1) is 11.5. The van der Waals surface area contributed by atoms with Gasteiger partial charge in [0.2, 0.25) is 5.91 Å². The molecular formula is C20H23N3O. The van der Waals surface area contributed by atoms with Gasteiger partial charge in [0.1, 0.15) is 0 Å². The van der Waals surface area contributed by atoms with E-state index < -0.39 is 0 Å². The highest BCUT2D eigenvalue weighted by Crippen LogP contribution is 2.28. The lowest BCUT2D eigenvalue weighted by Crippen LogP contribution is -2.18. The normalized spacial score (nSPS) is 11.4. The molecule has 2 N–H and O–H groups in total. The zero-order valence-corrected chi connectivity index (χ0v) is 14.6. The van der Waals surface area contributed by atoms with Gasteiger partial charge in [-0.2, -0.15) is 5.10 Å². The zero-order valence-electron chi connectivity index (χ0n) is 14.6. The van der Waals surface area contributed by atoms with Crippen molar-refractivity contribution in [3.8, 4) is 11.1 Å². The largest absolute Gasteiger partial charge is 0.308 e. The molecule has 0 fully saturated rings. The van der Waals surface area contributed by atoms with E-state index in [4.69, 9.17) is 0 Å². The Kier molecular flexibility index (Phi) is 4.38. The molecule has 1 heterocycles. The number of H-pyrrole nitrogens is 1. The number of aromatic amines is 1. The number of amides is 1. The third-order valence-electron chi connectivity index (χ3n) is 4.24. The summed E-state index contributed by atoms with van der Waals surface area (Å²) in [6.45, 7) is 8.11. The van der Waals surface area contributed by atoms with Gasteiger partial charge in [-0.15, -0.1) is 0 Å². The van der Waals surface area contributed by atoms with Crippen molar-refractivity contribution in [2.45, 2.75) is 33.6 Å². The summed E-state index contributed by atoms with van der Waals surface area (Å²) in [5.74, 6) is 1.01. The molecule has 24 heavy (non-hydrogen) atoms. The lowest BCUT2D eigenvalue weighted by molar-refractivity contribution is -0.118. The van der Waals surface area contributed by atoms with Crippen molar-refractivity contribution in [3.63, 3.8) is 0 Å². The maximum atomic E-state index is 11.9. The van der Waals surface area contributed by atoms with Crippen LogP contribution in [0, 0.1) is 5.92 Å². The van der Waals surface area contributed by atoms with Gasteiger partial charge in [-0.05, 0) is 34.7 Å². The number of hydrogen-bond acceptors (Lipinski definition) is 2. The third kappa shape index (κ3) is 3.18. The maximum absolute atomic E-state index is 11.9. The number of anilines is 1. The van der Waals surface area contributed by atoms with Crippen LogP contribution in [0.5, 0.6) is 0 Å². The molecule has 0 atom stereocenters. The molecular weight excluding hydrogens is 298 g/mol. The summed E-state index contributed by atoms with van der Waals surface area (Å²) in [4.78, 5) is 11.9. The van der Waals surface area contributed by atoms with Crippen LogP contribution in [0.25, 0.3) is 22.0 Å². The number of nitrogens with one attached hydrogen (secondary N) is 2. The topological polar surface area (TPSA) is 57.8 Å². The molecule has 0 bridgehead atoms. The van der Waals surface area contributed by atoms with Crippen LogP contribution in [0.3, 0.4) is 0 Å². The second kappa shape index (κ2) is 6.48. The van der Waals surface area contributed by atoms with Crippen molar-refractivity contribution >= 4 is 22.6 Å². The standard InChI is InChI=1S/C20H23N3O/c1-12(2)14-5-7-15(8-6-14)16-9-10-17-18(11-16)22-23-19(17)21-20(24)13(3)4/h5-13H,1-4H3,(H2,21,22,23,24). The molecule has 0 aliphatic rings. The summed E-state index contributed by atoms with van der Waals surface area (Å²) in [5, 5.41) is 11.0. The van der Waals surface area contributed by atoms with Gasteiger partial charge in [-0.25, -0.2) is 0 Å². The first kappa shape index (κ1) is 16.2. The van der Waals surface area contributed by atoms with Crippen molar-refractivity contribution in [3.05, 3.63) is 48.0 Å². The van der Waals surface area contributed by atoms with Gasteiger partial charge >= 0.3 is 0 Å². The van der Waals surface area contributed by atoms with E-state index in [1.165, 1.54) is 11.1 Å². The average molecular weight is 321 g/mol. The molecule has 0 aliphatic heterocycles. The van der Waals surface area contributed by atoms with Crippen LogP contribution in [0.15, 0.2) is 42.5 Å². The lowest BCUT2D eigenvalue weighted by Gasteiger charge is -2.08. The third-order valence-corrected chi connectivity index (χ3v) is 4.24. The van der Waals surface area contributed by atoms with Gasteiger partial charge in [-0.1, -0.05) is 58.0 Å². The Morgan fingerprint density at radius 3 is 2.29 bits per heavy atom. The summed E-state index contributed by atoms with van der Waals surface area (Å²) in [5.41, 5.74) is 4.55. The Hall–Kier alpha value is -2.62. The summed E-state index contributed by atoms with van der Waals surface area (Å²) in [7, 11) is 0. The molecule has 4 heteroatoms. The predicted molar refractivity (Wildman–Crippen MR) is 99.1 cm³/mol. The van der Waals surface area contributed by atoms with Crippen molar-refractivity contribution in [1.82, 2.24) is 10.2 Å². The quantitative estimate of drug-likeness (QED) is 0.714. The zero-order chi connectivity index (χ0) is 17.3. The highest BCUT2D eigenvalue weighted by molar-refractivity contribution is 6.01. The van der Waals surface area contributed by atoms with E-state index in [2.05, 4.69) is 65.8 Å². The minimum absolute atomic E-state index is 0.0308. The maximum Gasteiger partial charge on any atom is 0.228 e. The number of nitrogens with zero attached hydrogens (tertiary/aromatic N) is 1. The van der Waals surface area contributed by atoms with Crippen molar-refractivity contribution in [2.24, 2.45) is 5.92 Å². The molecule has 3 aromatic rings. The monoisotopic (exact) mass is 321 g/mol. The summed E-state index contributed by atoms with van der Waals surface area (Å²) < 4.78 is 0. The number of hydrogen-bond donors (Lipinski definition) is 2. The van der Waals surface area contributed by atoms with E-state index in [9.17, 15) is 4.79 Å². The fourth-order valence-corrected chi connectivity index (χ4v) is 2.62. The Morgan fingerprint density at radius 2 is 1.67 bits per heavy atom. The number of fused-ring (bicyclic) bond motifs is 1. The number of carbonyl (C=O) groups is 1. The summed E-state index contributed by atoms with van der Waals surface area (Å²) in [6, 6.07) is 14.8. The molecule has 3 rings (SSSR count). The van der Waals surface area contributed by atoms with Gasteiger partial charge in [0.25, 0.3) is 0 Å². The predicted octanol–water partition coefficient (Wildman–Crippen LogP) is 4.95. The summed E-state index contributed by atoms with van der Waals surface area (Å²) in [6.07, 6.45) is 0. The van der Waals surface area contributed by atoms with Crippen molar-refractivity contribution in [2.75, 3.05) is 5.32 Å². The van der Waals surface area contributed by atoms with Crippen LogP contribution in [-0.2, 0) is 4.79 Å². The molecule has 0 aliphatic carbocycles. The van der Waals surface area contributed by atoms with Crippen molar-refractivity contribution in [1.29, 1.82) is 0 Å². The molecule has 0 radical (unpaired) electrons. The van der Waals surface area contributed by atoms with Gasteiger partial charge in [0, 0.05) is 11.3 Å². The molecule has 1 aromatic heterocycles. The van der Waals surface area contributed by atoms with Crippen molar-refractivity contribution < 1.29 is 4.79 Å². The first-order valence-corrected chi connectivity index (χ1v) is 8.35. The molecule has 4 nitrogen and oxygen atoms in total. The van der Waals surface area contributed by atoms with E-state index in [0.717, 1.165) is 16.5 Å². The van der Waals surface area contributed by atoms with E-state index >= 15 is 0 Å². The Labute approximate surface area is 142 Å². The van der Waals surface area contributed by atoms with E-state index in [-0.39, 0.29) is 11.8 Å². The van der Waals surface area contributed by atoms with Gasteiger partial charge in [0.05, 0.1) is 5.52 Å². The fourth-order valence-electron chi connectivity index (χ4n) is 2.62. The number of aromatic nitrogens is 2. The number of rotatable bonds is 4. The smallest absolute Gasteiger partial charge is 0.228 e. The van der Waals surface area contributed by atoms with E-state index in [1.54, 1.807) is 0 Å². The highest BCUT2D eigenvalue weighted by Gasteiger charge is 2.12. The molecule has 0 spiro atoms. The SMILES string of the molecule is CC(C)C(=O)Nc1n[nH]c2cc(-c3ccc(C(C)C)cc3)ccc12. The molecule has 2 aromatic carbocycles. The summed E-state index contributed by atoms with van der Waals surface area (Å²) >= 11 is 0. The second-order valence-electron chi connectivity index (χ2n) is 6.75. The van der Waals surface area contributed by atoms with E-state index in [0.29, 0.717) is 11.7 Å². The fraction of sp³-hybridized carbons (Fsp3) is 0.300. The number of carbonyl (C=O) groups excluding carboxylic acids is 1. The van der Waals surface area contributed by atoms with Crippen LogP contribution < -0.4 is 5.32 Å². The van der Waals surface area contributed by atoms with Crippen LogP contribution in [0.2, 0.25) is 0 Å². The molecule has 0 unspecified atom stereocenters. The van der Waals surface area contributed by atoms with E-state index in [1.807, 2.05) is 19.9 Å². The molecule has 0 saturated heterocycles. The second-order valence-corrected chi connectivity index (χ2v) is 6.75. The molecule has 1 amide bonds. The minimum atomic E-state index is -0.0736.